The lowest BCUT2D eigenvalue weighted by molar-refractivity contribution is -0.122. The molecule has 3 aromatic rings. The van der Waals surface area contributed by atoms with Crippen molar-refractivity contribution in [3.63, 3.8) is 0 Å². The largest absolute Gasteiger partial charge is 0.493 e. The van der Waals surface area contributed by atoms with E-state index in [4.69, 9.17) is 38.0 Å². The Bertz CT molecular complexity index is 1300. The van der Waals surface area contributed by atoms with Crippen molar-refractivity contribution in [3.8, 4) is 17.2 Å². The molecule has 3 aromatic carbocycles. The number of nitrogens with zero attached hydrogens (tertiary/aromatic N) is 1. The summed E-state index contributed by atoms with van der Waals surface area (Å²) in [6.45, 7) is 5.86. The summed E-state index contributed by atoms with van der Waals surface area (Å²) in [5.74, 6) is 1.73. The van der Waals surface area contributed by atoms with Gasteiger partial charge in [0.25, 0.3) is 5.91 Å². The van der Waals surface area contributed by atoms with Crippen LogP contribution in [-0.2, 0) is 17.8 Å². The fourth-order valence-corrected chi connectivity index (χ4v) is 5.40. The zero-order valence-corrected chi connectivity index (χ0v) is 23.8. The van der Waals surface area contributed by atoms with Gasteiger partial charge in [-0.15, -0.1) is 0 Å². The Morgan fingerprint density at radius 1 is 0.947 bits per heavy atom. The second-order valence-electron chi connectivity index (χ2n) is 8.56. The van der Waals surface area contributed by atoms with Crippen molar-refractivity contribution in [1.82, 2.24) is 4.90 Å². The molecule has 1 aliphatic heterocycles. The molecular formula is C30H30ClNO4S2. The zero-order chi connectivity index (χ0) is 26.9. The molecule has 1 amide bonds. The highest BCUT2D eigenvalue weighted by atomic mass is 35.5. The first kappa shape index (κ1) is 28.0. The van der Waals surface area contributed by atoms with Gasteiger partial charge in [0.05, 0.1) is 36.3 Å². The molecule has 0 aromatic heterocycles. The van der Waals surface area contributed by atoms with E-state index in [1.807, 2.05) is 55.5 Å². The van der Waals surface area contributed by atoms with Gasteiger partial charge < -0.3 is 14.2 Å². The first-order chi connectivity index (χ1) is 18.5. The van der Waals surface area contributed by atoms with Gasteiger partial charge in [0.1, 0.15) is 10.1 Å². The van der Waals surface area contributed by atoms with Gasteiger partial charge in [-0.2, -0.15) is 0 Å². The van der Waals surface area contributed by atoms with Gasteiger partial charge in [0.2, 0.25) is 0 Å². The molecule has 0 aliphatic carbocycles. The van der Waals surface area contributed by atoms with Crippen LogP contribution in [0, 0.1) is 0 Å². The predicted octanol–water partition coefficient (Wildman–Crippen LogP) is 7.55. The number of aryl methyl sites for hydroxylation is 1. The van der Waals surface area contributed by atoms with Crippen LogP contribution in [0.1, 0.15) is 37.0 Å². The molecule has 1 saturated heterocycles. The Kier molecular flexibility index (Phi) is 10.1. The molecule has 0 atom stereocenters. The van der Waals surface area contributed by atoms with Crippen molar-refractivity contribution < 1.29 is 19.0 Å². The number of benzene rings is 3. The second kappa shape index (κ2) is 13.7. The minimum absolute atomic E-state index is 0.123. The summed E-state index contributed by atoms with van der Waals surface area (Å²) in [6.07, 6.45) is 3.48. The van der Waals surface area contributed by atoms with Crippen LogP contribution in [0.5, 0.6) is 17.2 Å². The van der Waals surface area contributed by atoms with Gasteiger partial charge in [-0.1, -0.05) is 85.0 Å². The summed E-state index contributed by atoms with van der Waals surface area (Å²) in [6, 6.07) is 21.5. The molecule has 198 valence electrons. The summed E-state index contributed by atoms with van der Waals surface area (Å²) >= 11 is 13.4. The number of amides is 1. The normalized spacial score (nSPS) is 14.3. The van der Waals surface area contributed by atoms with Crippen molar-refractivity contribution in [2.45, 2.75) is 33.2 Å². The van der Waals surface area contributed by atoms with Crippen LogP contribution in [0.25, 0.3) is 6.08 Å². The molecule has 0 bridgehead atoms. The van der Waals surface area contributed by atoms with E-state index in [1.54, 1.807) is 17.0 Å². The molecule has 1 aliphatic rings. The van der Waals surface area contributed by atoms with E-state index in [9.17, 15) is 4.79 Å². The molecule has 0 saturated carbocycles. The van der Waals surface area contributed by atoms with Crippen molar-refractivity contribution in [3.05, 3.63) is 93.3 Å². The third-order valence-corrected chi connectivity index (χ3v) is 7.48. The van der Waals surface area contributed by atoms with Crippen molar-refractivity contribution >= 4 is 51.9 Å². The van der Waals surface area contributed by atoms with Gasteiger partial charge >= 0.3 is 0 Å². The first-order valence-corrected chi connectivity index (χ1v) is 14.2. The number of thiocarbonyl (C=S) groups is 1. The molecule has 0 spiro atoms. The van der Waals surface area contributed by atoms with Gasteiger partial charge in [-0.05, 0) is 60.4 Å². The molecule has 0 radical (unpaired) electrons. The van der Waals surface area contributed by atoms with Crippen LogP contribution in [0.4, 0.5) is 0 Å². The number of carbonyl (C=O) groups is 1. The molecule has 38 heavy (non-hydrogen) atoms. The van der Waals surface area contributed by atoms with Crippen LogP contribution in [0.15, 0.2) is 71.6 Å². The van der Waals surface area contributed by atoms with Crippen LogP contribution in [-0.4, -0.2) is 34.9 Å². The van der Waals surface area contributed by atoms with Crippen molar-refractivity contribution in [2.24, 2.45) is 0 Å². The average molecular weight is 568 g/mol. The lowest BCUT2D eigenvalue weighted by atomic mass is 10.1. The lowest BCUT2D eigenvalue weighted by Gasteiger charge is -2.15. The standard InChI is InChI=1S/C30H30ClNO4S2/c1-3-21-11-13-24(14-12-21)35-15-8-16-36-28-25(31)17-23(18-26(28)34-4-2)19-27-29(33)32(30(37)38-27)20-22-9-6-5-7-10-22/h5-7,9-14,17-19H,3-4,8,15-16,20H2,1-2H3/b27-19-. The van der Waals surface area contributed by atoms with E-state index >= 15 is 0 Å². The van der Waals surface area contributed by atoms with Gasteiger partial charge in [-0.3, -0.25) is 9.69 Å². The van der Waals surface area contributed by atoms with E-state index in [-0.39, 0.29) is 5.91 Å². The molecule has 0 unspecified atom stereocenters. The van der Waals surface area contributed by atoms with E-state index in [0.717, 1.165) is 23.3 Å². The van der Waals surface area contributed by atoms with E-state index in [0.29, 0.717) is 58.5 Å². The zero-order valence-electron chi connectivity index (χ0n) is 21.4. The highest BCUT2D eigenvalue weighted by Crippen LogP contribution is 2.39. The SMILES string of the molecule is CCOc1cc(/C=C2\SC(=S)N(Cc3ccccc3)C2=O)cc(Cl)c1OCCCOc1ccc(CC)cc1. The highest BCUT2D eigenvalue weighted by Gasteiger charge is 2.32. The maximum absolute atomic E-state index is 13.1. The molecule has 5 nitrogen and oxygen atoms in total. The lowest BCUT2D eigenvalue weighted by Crippen LogP contribution is -2.27. The smallest absolute Gasteiger partial charge is 0.266 e. The fraction of sp³-hybridized carbons (Fsp3) is 0.267. The summed E-state index contributed by atoms with van der Waals surface area (Å²) < 4.78 is 18.1. The number of carbonyl (C=O) groups excluding carboxylic acids is 1. The number of rotatable bonds is 12. The molecule has 1 fully saturated rings. The summed E-state index contributed by atoms with van der Waals surface area (Å²) in [5.41, 5.74) is 3.04. The summed E-state index contributed by atoms with van der Waals surface area (Å²) in [5, 5.41) is 0.415. The second-order valence-corrected chi connectivity index (χ2v) is 10.6. The Balaban J connectivity index is 1.39. The summed E-state index contributed by atoms with van der Waals surface area (Å²) in [7, 11) is 0. The number of halogens is 1. The molecule has 1 heterocycles. The van der Waals surface area contributed by atoms with E-state index < -0.39 is 0 Å². The monoisotopic (exact) mass is 567 g/mol. The number of hydrogen-bond donors (Lipinski definition) is 0. The van der Waals surface area contributed by atoms with Crippen LogP contribution in [0.2, 0.25) is 5.02 Å². The van der Waals surface area contributed by atoms with E-state index in [1.165, 1.54) is 17.3 Å². The molecular weight excluding hydrogens is 538 g/mol. The van der Waals surface area contributed by atoms with Gasteiger partial charge in [0, 0.05) is 6.42 Å². The predicted molar refractivity (Wildman–Crippen MR) is 159 cm³/mol. The maximum atomic E-state index is 13.1. The third-order valence-electron chi connectivity index (χ3n) is 5.82. The van der Waals surface area contributed by atoms with Crippen LogP contribution < -0.4 is 14.2 Å². The maximum Gasteiger partial charge on any atom is 0.266 e. The van der Waals surface area contributed by atoms with Crippen LogP contribution >= 0.6 is 35.6 Å². The number of thioether (sulfide) groups is 1. The molecule has 8 heteroatoms. The topological polar surface area (TPSA) is 48.0 Å². The molecule has 4 rings (SSSR count). The molecule has 0 N–H and O–H groups in total. The third kappa shape index (κ3) is 7.31. The Hall–Kier alpha value is -3.00. The Morgan fingerprint density at radius 2 is 1.68 bits per heavy atom. The highest BCUT2D eigenvalue weighted by molar-refractivity contribution is 8.26. The van der Waals surface area contributed by atoms with Crippen molar-refractivity contribution in [1.29, 1.82) is 0 Å². The fourth-order valence-electron chi connectivity index (χ4n) is 3.87. The average Bonchev–Trinajstić information content (AvgIpc) is 3.18. The van der Waals surface area contributed by atoms with Gasteiger partial charge in [0.15, 0.2) is 11.5 Å². The minimum atomic E-state index is -0.123. The van der Waals surface area contributed by atoms with Crippen molar-refractivity contribution in [2.75, 3.05) is 19.8 Å². The van der Waals surface area contributed by atoms with Crippen LogP contribution in [0.3, 0.4) is 0 Å². The first-order valence-electron chi connectivity index (χ1n) is 12.6. The van der Waals surface area contributed by atoms with Gasteiger partial charge in [-0.25, -0.2) is 0 Å². The summed E-state index contributed by atoms with van der Waals surface area (Å²) in [4.78, 5) is 15.2. The minimum Gasteiger partial charge on any atom is -0.493 e. The number of hydrogen-bond acceptors (Lipinski definition) is 6. The Morgan fingerprint density at radius 3 is 2.39 bits per heavy atom. The number of ether oxygens (including phenoxy) is 3. The Labute approximate surface area is 238 Å². The quantitative estimate of drug-likeness (QED) is 0.128. The van der Waals surface area contributed by atoms with E-state index in [2.05, 4.69) is 19.1 Å².